The zero-order valence-corrected chi connectivity index (χ0v) is 15.8. The number of amides is 1. The molecule has 3 rings (SSSR count). The van der Waals surface area contributed by atoms with Gasteiger partial charge in [0.05, 0.1) is 24.3 Å². The monoisotopic (exact) mass is 381 g/mol. The van der Waals surface area contributed by atoms with Crippen LogP contribution in [-0.4, -0.2) is 19.6 Å². The van der Waals surface area contributed by atoms with Crippen molar-refractivity contribution in [2.24, 2.45) is 0 Å². The standard InChI is InChI=1S/C20H19N3O3S/c1-25-17-9-13(10-21)7-8-16(17)26-12-19(24)23-20-15(11-22)14-5-3-2-4-6-18(14)27-20/h7-9H,2-6,12H2,1H3,(H,23,24). The molecular weight excluding hydrogens is 362 g/mol. The van der Waals surface area contributed by atoms with E-state index in [1.54, 1.807) is 18.2 Å². The van der Waals surface area contributed by atoms with Gasteiger partial charge >= 0.3 is 0 Å². The van der Waals surface area contributed by atoms with Crippen molar-refractivity contribution in [3.63, 3.8) is 0 Å². The Balaban J connectivity index is 1.69. The number of anilines is 1. The number of thiophene rings is 1. The van der Waals surface area contributed by atoms with Gasteiger partial charge in [-0.2, -0.15) is 10.5 Å². The second-order valence-electron chi connectivity index (χ2n) is 6.19. The summed E-state index contributed by atoms with van der Waals surface area (Å²) in [5.41, 5.74) is 2.12. The summed E-state index contributed by atoms with van der Waals surface area (Å²) in [5.74, 6) is 0.436. The van der Waals surface area contributed by atoms with Crippen LogP contribution in [0.5, 0.6) is 11.5 Å². The van der Waals surface area contributed by atoms with Crippen molar-refractivity contribution in [3.05, 3.63) is 39.8 Å². The number of carbonyl (C=O) groups is 1. The third kappa shape index (κ3) is 4.21. The number of carbonyl (C=O) groups excluding carboxylic acids is 1. The minimum Gasteiger partial charge on any atom is -0.493 e. The van der Waals surface area contributed by atoms with Crippen LogP contribution in [0.3, 0.4) is 0 Å². The molecule has 1 aliphatic rings. The average molecular weight is 381 g/mol. The Morgan fingerprint density at radius 3 is 2.74 bits per heavy atom. The topological polar surface area (TPSA) is 95.1 Å². The van der Waals surface area contributed by atoms with Crippen molar-refractivity contribution in [2.75, 3.05) is 19.0 Å². The van der Waals surface area contributed by atoms with Gasteiger partial charge in [-0.1, -0.05) is 6.42 Å². The molecule has 7 heteroatoms. The average Bonchev–Trinajstić information content (AvgIpc) is 2.85. The molecule has 0 radical (unpaired) electrons. The molecule has 138 valence electrons. The van der Waals surface area contributed by atoms with Crippen molar-refractivity contribution in [2.45, 2.75) is 32.1 Å². The van der Waals surface area contributed by atoms with Gasteiger partial charge in [-0.05, 0) is 43.4 Å². The lowest BCUT2D eigenvalue weighted by molar-refractivity contribution is -0.118. The van der Waals surface area contributed by atoms with Gasteiger partial charge in [-0.3, -0.25) is 4.79 Å². The van der Waals surface area contributed by atoms with Crippen molar-refractivity contribution < 1.29 is 14.3 Å². The first-order valence-corrected chi connectivity index (χ1v) is 9.53. The lowest BCUT2D eigenvalue weighted by atomic mass is 10.1. The van der Waals surface area contributed by atoms with E-state index >= 15 is 0 Å². The molecule has 0 saturated heterocycles. The van der Waals surface area contributed by atoms with Crippen LogP contribution in [0.2, 0.25) is 0 Å². The van der Waals surface area contributed by atoms with Gasteiger partial charge in [0.1, 0.15) is 11.1 Å². The van der Waals surface area contributed by atoms with Crippen molar-refractivity contribution >= 4 is 22.2 Å². The largest absolute Gasteiger partial charge is 0.493 e. The molecular formula is C20H19N3O3S. The zero-order valence-electron chi connectivity index (χ0n) is 15.0. The van der Waals surface area contributed by atoms with Gasteiger partial charge in [-0.25, -0.2) is 0 Å². The number of aryl methyl sites for hydroxylation is 1. The number of nitrogens with one attached hydrogen (secondary N) is 1. The normalized spacial score (nSPS) is 12.9. The van der Waals surface area contributed by atoms with E-state index in [0.717, 1.165) is 31.2 Å². The molecule has 0 saturated carbocycles. The number of hydrogen-bond donors (Lipinski definition) is 1. The summed E-state index contributed by atoms with van der Waals surface area (Å²) in [7, 11) is 1.47. The third-order valence-electron chi connectivity index (χ3n) is 4.44. The molecule has 0 aliphatic heterocycles. The summed E-state index contributed by atoms with van der Waals surface area (Å²) in [4.78, 5) is 13.5. The fraction of sp³-hybridized carbons (Fsp3) is 0.350. The number of benzene rings is 1. The molecule has 1 aromatic heterocycles. The van der Waals surface area contributed by atoms with E-state index < -0.39 is 0 Å². The van der Waals surface area contributed by atoms with Crippen LogP contribution >= 0.6 is 11.3 Å². The van der Waals surface area contributed by atoms with E-state index in [-0.39, 0.29) is 12.5 Å². The highest BCUT2D eigenvalue weighted by Gasteiger charge is 2.21. The van der Waals surface area contributed by atoms with E-state index in [1.165, 1.54) is 29.7 Å². The van der Waals surface area contributed by atoms with Gasteiger partial charge in [0.25, 0.3) is 5.91 Å². The molecule has 2 aromatic rings. The maximum Gasteiger partial charge on any atom is 0.262 e. The lowest BCUT2D eigenvalue weighted by Gasteiger charge is -2.10. The lowest BCUT2D eigenvalue weighted by Crippen LogP contribution is -2.20. The Morgan fingerprint density at radius 2 is 2.00 bits per heavy atom. The molecule has 0 unspecified atom stereocenters. The van der Waals surface area contributed by atoms with Crippen LogP contribution in [-0.2, 0) is 17.6 Å². The van der Waals surface area contributed by atoms with E-state index in [1.807, 2.05) is 6.07 Å². The molecule has 6 nitrogen and oxygen atoms in total. The van der Waals surface area contributed by atoms with E-state index in [2.05, 4.69) is 11.4 Å². The second-order valence-corrected chi connectivity index (χ2v) is 7.30. The van der Waals surface area contributed by atoms with Crippen LogP contribution in [0.15, 0.2) is 18.2 Å². The number of nitrogens with zero attached hydrogens (tertiary/aromatic N) is 2. The van der Waals surface area contributed by atoms with Crippen LogP contribution in [0.4, 0.5) is 5.00 Å². The minimum atomic E-state index is -0.339. The van der Waals surface area contributed by atoms with Crippen molar-refractivity contribution in [1.82, 2.24) is 0 Å². The summed E-state index contributed by atoms with van der Waals surface area (Å²) in [5, 5.41) is 21.9. The van der Waals surface area contributed by atoms with E-state index in [9.17, 15) is 10.1 Å². The Morgan fingerprint density at radius 1 is 1.19 bits per heavy atom. The van der Waals surface area contributed by atoms with Crippen LogP contribution in [0.25, 0.3) is 0 Å². The van der Waals surface area contributed by atoms with Gasteiger partial charge in [-0.15, -0.1) is 11.3 Å². The number of ether oxygens (including phenoxy) is 2. The third-order valence-corrected chi connectivity index (χ3v) is 5.64. The Labute approximate surface area is 161 Å². The first-order chi connectivity index (χ1) is 13.2. The summed E-state index contributed by atoms with van der Waals surface area (Å²) in [6, 6.07) is 9.01. The fourth-order valence-electron chi connectivity index (χ4n) is 3.11. The van der Waals surface area contributed by atoms with E-state index in [4.69, 9.17) is 14.7 Å². The highest BCUT2D eigenvalue weighted by molar-refractivity contribution is 7.16. The maximum absolute atomic E-state index is 12.3. The fourth-order valence-corrected chi connectivity index (χ4v) is 4.37. The van der Waals surface area contributed by atoms with Gasteiger partial charge in [0.15, 0.2) is 18.1 Å². The Hall–Kier alpha value is -3.03. The molecule has 0 bridgehead atoms. The number of rotatable bonds is 5. The Bertz CT molecular complexity index is 937. The molecule has 0 spiro atoms. The number of hydrogen-bond acceptors (Lipinski definition) is 6. The number of fused-ring (bicyclic) bond motifs is 1. The predicted molar refractivity (Wildman–Crippen MR) is 102 cm³/mol. The molecule has 1 aromatic carbocycles. The molecule has 1 heterocycles. The Kier molecular flexibility index (Phi) is 5.95. The summed E-state index contributed by atoms with van der Waals surface area (Å²) >= 11 is 1.49. The van der Waals surface area contributed by atoms with Crippen LogP contribution < -0.4 is 14.8 Å². The second kappa shape index (κ2) is 8.57. The highest BCUT2D eigenvalue weighted by atomic mass is 32.1. The van der Waals surface area contributed by atoms with Crippen LogP contribution in [0, 0.1) is 22.7 Å². The van der Waals surface area contributed by atoms with E-state index in [0.29, 0.717) is 27.6 Å². The zero-order chi connectivity index (χ0) is 19.2. The SMILES string of the molecule is COc1cc(C#N)ccc1OCC(=O)Nc1sc2c(c1C#N)CCCCC2. The molecule has 1 aliphatic carbocycles. The van der Waals surface area contributed by atoms with Gasteiger partial charge in [0.2, 0.25) is 0 Å². The predicted octanol–water partition coefficient (Wildman–Crippen LogP) is 3.79. The molecule has 0 atom stereocenters. The molecule has 0 fully saturated rings. The smallest absolute Gasteiger partial charge is 0.262 e. The summed E-state index contributed by atoms with van der Waals surface area (Å²) < 4.78 is 10.7. The maximum atomic E-state index is 12.3. The summed E-state index contributed by atoms with van der Waals surface area (Å²) in [6.45, 7) is -0.213. The minimum absolute atomic E-state index is 0.213. The van der Waals surface area contributed by atoms with Crippen molar-refractivity contribution in [3.8, 4) is 23.6 Å². The molecule has 1 amide bonds. The molecule has 27 heavy (non-hydrogen) atoms. The summed E-state index contributed by atoms with van der Waals surface area (Å²) in [6.07, 6.45) is 5.22. The van der Waals surface area contributed by atoms with Gasteiger partial charge in [0, 0.05) is 10.9 Å². The van der Waals surface area contributed by atoms with Gasteiger partial charge < -0.3 is 14.8 Å². The molecule has 1 N–H and O–H groups in total. The van der Waals surface area contributed by atoms with Crippen LogP contribution in [0.1, 0.15) is 40.8 Å². The first-order valence-electron chi connectivity index (χ1n) is 8.71. The first kappa shape index (κ1) is 18.8. The number of methoxy groups -OCH3 is 1. The quantitative estimate of drug-likeness (QED) is 0.795. The highest BCUT2D eigenvalue weighted by Crippen LogP contribution is 2.37. The van der Waals surface area contributed by atoms with Crippen molar-refractivity contribution in [1.29, 1.82) is 10.5 Å². The number of nitriles is 2.